The van der Waals surface area contributed by atoms with Crippen molar-refractivity contribution in [2.24, 2.45) is 5.92 Å². The first kappa shape index (κ1) is 13.1. The number of hydrogen-bond acceptors (Lipinski definition) is 2. The van der Waals surface area contributed by atoms with Gasteiger partial charge < -0.3 is 0 Å². The zero-order valence-electron chi connectivity index (χ0n) is 9.90. The van der Waals surface area contributed by atoms with Crippen LogP contribution >= 0.6 is 15.9 Å². The van der Waals surface area contributed by atoms with Gasteiger partial charge in [0, 0.05) is 4.83 Å². The Bertz CT molecular complexity index is 496. The van der Waals surface area contributed by atoms with Crippen molar-refractivity contribution in [1.29, 1.82) is 0 Å². The van der Waals surface area contributed by atoms with Crippen molar-refractivity contribution in [1.82, 2.24) is 0 Å². The van der Waals surface area contributed by atoms with Gasteiger partial charge >= 0.3 is 0 Å². The lowest BCUT2D eigenvalue weighted by Crippen LogP contribution is -2.18. The standard InChI is InChI=1S/C13H17BrO2S/c1-10-3-2-4-11(7-10)8-13(14)12-5-6-17(15,16)9-12/h2-4,7,12-13H,5-6,8-9H2,1H3. The Hall–Kier alpha value is -0.350. The zero-order valence-corrected chi connectivity index (χ0v) is 12.3. The van der Waals surface area contributed by atoms with Crippen LogP contribution in [0.2, 0.25) is 0 Å². The first-order chi connectivity index (χ1) is 7.96. The number of sulfone groups is 1. The number of rotatable bonds is 3. The molecule has 1 aromatic carbocycles. The van der Waals surface area contributed by atoms with Gasteiger partial charge in [-0.2, -0.15) is 0 Å². The van der Waals surface area contributed by atoms with Gasteiger partial charge in [-0.05, 0) is 31.2 Å². The van der Waals surface area contributed by atoms with Crippen LogP contribution in [0.1, 0.15) is 17.5 Å². The van der Waals surface area contributed by atoms with Gasteiger partial charge in [0.15, 0.2) is 9.84 Å². The number of halogens is 1. The smallest absolute Gasteiger partial charge is 0.150 e. The van der Waals surface area contributed by atoms with Crippen molar-refractivity contribution in [3.63, 3.8) is 0 Å². The third kappa shape index (κ3) is 3.55. The van der Waals surface area contributed by atoms with Crippen LogP contribution in [0.3, 0.4) is 0 Å². The molecule has 2 nitrogen and oxygen atoms in total. The first-order valence-electron chi connectivity index (χ1n) is 5.86. The molecule has 0 aliphatic carbocycles. The molecule has 0 spiro atoms. The molecule has 2 unspecified atom stereocenters. The highest BCUT2D eigenvalue weighted by atomic mass is 79.9. The Kier molecular flexibility index (Phi) is 3.93. The van der Waals surface area contributed by atoms with E-state index in [4.69, 9.17) is 0 Å². The van der Waals surface area contributed by atoms with Crippen LogP contribution < -0.4 is 0 Å². The summed E-state index contributed by atoms with van der Waals surface area (Å²) in [7, 11) is -2.77. The predicted molar refractivity (Wildman–Crippen MR) is 74.4 cm³/mol. The molecule has 0 bridgehead atoms. The average molecular weight is 317 g/mol. The quantitative estimate of drug-likeness (QED) is 0.803. The highest BCUT2D eigenvalue weighted by Gasteiger charge is 2.32. The number of alkyl halides is 1. The molecule has 1 saturated heterocycles. The van der Waals surface area contributed by atoms with Gasteiger partial charge in [0.25, 0.3) is 0 Å². The van der Waals surface area contributed by atoms with E-state index in [1.165, 1.54) is 11.1 Å². The second kappa shape index (κ2) is 5.11. The summed E-state index contributed by atoms with van der Waals surface area (Å²) < 4.78 is 22.9. The van der Waals surface area contributed by atoms with Gasteiger partial charge in [0.1, 0.15) is 0 Å². The summed E-state index contributed by atoms with van der Waals surface area (Å²) in [5.74, 6) is 0.961. The van der Waals surface area contributed by atoms with Gasteiger partial charge in [-0.25, -0.2) is 8.42 Å². The lowest BCUT2D eigenvalue weighted by atomic mass is 9.98. The molecule has 4 heteroatoms. The molecule has 0 saturated carbocycles. The minimum atomic E-state index is -2.77. The maximum atomic E-state index is 11.4. The van der Waals surface area contributed by atoms with Crippen LogP contribution in [0.15, 0.2) is 24.3 Å². The highest BCUT2D eigenvalue weighted by Crippen LogP contribution is 2.28. The largest absolute Gasteiger partial charge is 0.229 e. The fourth-order valence-corrected chi connectivity index (χ4v) is 5.29. The predicted octanol–water partition coefficient (Wildman–Crippen LogP) is 2.74. The van der Waals surface area contributed by atoms with E-state index in [-0.39, 0.29) is 10.7 Å². The molecule has 1 aliphatic heterocycles. The van der Waals surface area contributed by atoms with Crippen LogP contribution in [-0.2, 0) is 16.3 Å². The molecule has 0 radical (unpaired) electrons. The summed E-state index contributed by atoms with van der Waals surface area (Å²) in [6.07, 6.45) is 1.70. The first-order valence-corrected chi connectivity index (χ1v) is 8.60. The number of benzene rings is 1. The van der Waals surface area contributed by atoms with Crippen molar-refractivity contribution in [2.45, 2.75) is 24.6 Å². The average Bonchev–Trinajstić information content (AvgIpc) is 2.59. The van der Waals surface area contributed by atoms with Gasteiger partial charge in [-0.15, -0.1) is 0 Å². The van der Waals surface area contributed by atoms with E-state index in [2.05, 4.69) is 47.1 Å². The summed E-state index contributed by atoms with van der Waals surface area (Å²) in [6, 6.07) is 8.39. The third-order valence-corrected chi connectivity index (χ3v) is 6.16. The highest BCUT2D eigenvalue weighted by molar-refractivity contribution is 9.09. The van der Waals surface area contributed by atoms with E-state index in [9.17, 15) is 8.42 Å². The molecule has 2 atom stereocenters. The minimum absolute atomic E-state index is 0.264. The summed E-state index contributed by atoms with van der Waals surface area (Å²) >= 11 is 3.65. The summed E-state index contributed by atoms with van der Waals surface area (Å²) in [5, 5.41) is 0. The molecule has 1 aromatic rings. The van der Waals surface area contributed by atoms with Crippen LogP contribution in [0.25, 0.3) is 0 Å². The van der Waals surface area contributed by atoms with E-state index in [1.807, 2.05) is 0 Å². The molecule has 0 aromatic heterocycles. The number of aryl methyl sites for hydroxylation is 1. The Morgan fingerprint density at radius 2 is 2.24 bits per heavy atom. The molecule has 0 amide bonds. The molecule has 94 valence electrons. The lowest BCUT2D eigenvalue weighted by Gasteiger charge is -2.16. The van der Waals surface area contributed by atoms with E-state index >= 15 is 0 Å². The second-order valence-electron chi connectivity index (χ2n) is 4.87. The molecule has 2 rings (SSSR count). The van der Waals surface area contributed by atoms with Crippen molar-refractivity contribution < 1.29 is 8.42 Å². The number of hydrogen-bond donors (Lipinski definition) is 0. The lowest BCUT2D eigenvalue weighted by molar-refractivity contribution is 0.563. The van der Waals surface area contributed by atoms with Gasteiger partial charge in [0.2, 0.25) is 0 Å². The molecule has 1 aliphatic rings. The molecular weight excluding hydrogens is 300 g/mol. The molecular formula is C13H17BrO2S. The maximum Gasteiger partial charge on any atom is 0.150 e. The van der Waals surface area contributed by atoms with E-state index in [0.717, 1.165) is 12.8 Å². The molecule has 1 heterocycles. The fourth-order valence-electron chi connectivity index (χ4n) is 2.34. The Morgan fingerprint density at radius 3 is 2.82 bits per heavy atom. The van der Waals surface area contributed by atoms with Gasteiger partial charge in [-0.1, -0.05) is 45.8 Å². The van der Waals surface area contributed by atoms with E-state index < -0.39 is 9.84 Å². The zero-order chi connectivity index (χ0) is 12.5. The van der Waals surface area contributed by atoms with Crippen LogP contribution in [-0.4, -0.2) is 24.8 Å². The molecule has 1 fully saturated rings. The second-order valence-corrected chi connectivity index (χ2v) is 8.28. The topological polar surface area (TPSA) is 34.1 Å². The Morgan fingerprint density at radius 1 is 1.47 bits per heavy atom. The monoisotopic (exact) mass is 316 g/mol. The normalized spacial score (nSPS) is 24.7. The molecule has 17 heavy (non-hydrogen) atoms. The van der Waals surface area contributed by atoms with E-state index in [0.29, 0.717) is 11.5 Å². The summed E-state index contributed by atoms with van der Waals surface area (Å²) in [5.41, 5.74) is 2.53. The van der Waals surface area contributed by atoms with Crippen molar-refractivity contribution in [2.75, 3.05) is 11.5 Å². The molecule has 0 N–H and O–H groups in total. The maximum absolute atomic E-state index is 11.4. The van der Waals surface area contributed by atoms with E-state index in [1.54, 1.807) is 0 Å². The fraction of sp³-hybridized carbons (Fsp3) is 0.538. The van der Waals surface area contributed by atoms with Crippen molar-refractivity contribution in [3.05, 3.63) is 35.4 Å². The van der Waals surface area contributed by atoms with Crippen LogP contribution in [0.4, 0.5) is 0 Å². The van der Waals surface area contributed by atoms with Crippen molar-refractivity contribution >= 4 is 25.8 Å². The van der Waals surface area contributed by atoms with Crippen LogP contribution in [0.5, 0.6) is 0 Å². The Labute approximate surface area is 111 Å². The summed E-state index contributed by atoms with van der Waals surface area (Å²) in [4.78, 5) is 0.265. The summed E-state index contributed by atoms with van der Waals surface area (Å²) in [6.45, 7) is 2.08. The Balaban J connectivity index is 2.00. The van der Waals surface area contributed by atoms with Crippen molar-refractivity contribution in [3.8, 4) is 0 Å². The van der Waals surface area contributed by atoms with Gasteiger partial charge in [-0.3, -0.25) is 0 Å². The SMILES string of the molecule is Cc1cccc(CC(Br)C2CCS(=O)(=O)C2)c1. The van der Waals surface area contributed by atoms with Gasteiger partial charge in [0.05, 0.1) is 11.5 Å². The minimum Gasteiger partial charge on any atom is -0.229 e. The third-order valence-electron chi connectivity index (χ3n) is 3.29. The van der Waals surface area contributed by atoms with Crippen LogP contribution in [0, 0.1) is 12.8 Å².